The van der Waals surface area contributed by atoms with E-state index in [1.165, 1.54) is 4.90 Å². The van der Waals surface area contributed by atoms with Gasteiger partial charge in [-0.05, 0) is 49.2 Å². The molecule has 0 atom stereocenters. The van der Waals surface area contributed by atoms with Crippen molar-refractivity contribution in [2.75, 3.05) is 44.2 Å². The fourth-order valence-electron chi connectivity index (χ4n) is 4.27. The molecule has 2 aliphatic rings. The number of aryl methyl sites for hydroxylation is 1. The molecule has 2 amide bonds. The summed E-state index contributed by atoms with van der Waals surface area (Å²) in [6.07, 6.45) is 0. The van der Waals surface area contributed by atoms with E-state index in [4.69, 9.17) is 4.74 Å². The monoisotopic (exact) mass is 447 g/mol. The van der Waals surface area contributed by atoms with E-state index < -0.39 is 0 Å². The average Bonchev–Trinajstić information content (AvgIpc) is 3.08. The van der Waals surface area contributed by atoms with Crippen molar-refractivity contribution in [3.05, 3.63) is 65.4 Å². The summed E-state index contributed by atoms with van der Waals surface area (Å²) in [5, 5.41) is 0. The predicted molar refractivity (Wildman–Crippen MR) is 131 cm³/mol. The molecule has 2 aromatic carbocycles. The van der Waals surface area contributed by atoms with Gasteiger partial charge in [-0.1, -0.05) is 50.6 Å². The van der Waals surface area contributed by atoms with Gasteiger partial charge in [0.25, 0.3) is 11.8 Å². The van der Waals surface area contributed by atoms with Crippen LogP contribution in [0.5, 0.6) is 5.75 Å². The fraction of sp³-hybridized carbons (Fsp3) is 0.407. The standard InChI is InChI=1S/C27H33N3O3/c1-5-28-14-16-29(17-15-28)25-24(21-8-6-20(4)7-9-21)26(31)30(27(25)32)22-10-12-23(13-11-22)33-18-19(2)3/h6-13,19H,5,14-18H2,1-4H3. The van der Waals surface area contributed by atoms with Crippen LogP contribution in [-0.2, 0) is 9.59 Å². The molecule has 33 heavy (non-hydrogen) atoms. The number of hydrogen-bond acceptors (Lipinski definition) is 5. The molecule has 0 spiro atoms. The summed E-state index contributed by atoms with van der Waals surface area (Å²) in [6.45, 7) is 13.2. The zero-order chi connectivity index (χ0) is 23.5. The molecule has 6 nitrogen and oxygen atoms in total. The molecular weight excluding hydrogens is 414 g/mol. The van der Waals surface area contributed by atoms with Gasteiger partial charge in [0, 0.05) is 26.2 Å². The minimum absolute atomic E-state index is 0.253. The van der Waals surface area contributed by atoms with Crippen molar-refractivity contribution in [2.45, 2.75) is 27.7 Å². The van der Waals surface area contributed by atoms with Crippen LogP contribution >= 0.6 is 0 Å². The zero-order valence-corrected chi connectivity index (χ0v) is 20.0. The first-order valence-electron chi connectivity index (χ1n) is 11.8. The zero-order valence-electron chi connectivity index (χ0n) is 20.0. The first kappa shape index (κ1) is 23.1. The van der Waals surface area contributed by atoms with Gasteiger partial charge in [-0.3, -0.25) is 9.59 Å². The van der Waals surface area contributed by atoms with Crippen LogP contribution in [-0.4, -0.2) is 60.9 Å². The van der Waals surface area contributed by atoms with Crippen molar-refractivity contribution in [2.24, 2.45) is 5.92 Å². The summed E-state index contributed by atoms with van der Waals surface area (Å²) in [6, 6.07) is 15.1. The highest BCUT2D eigenvalue weighted by atomic mass is 16.5. The molecule has 0 radical (unpaired) electrons. The van der Waals surface area contributed by atoms with Crippen LogP contribution in [0.3, 0.4) is 0 Å². The number of imide groups is 1. The van der Waals surface area contributed by atoms with Gasteiger partial charge in [0.2, 0.25) is 0 Å². The van der Waals surface area contributed by atoms with E-state index >= 15 is 0 Å². The highest BCUT2D eigenvalue weighted by Gasteiger charge is 2.43. The van der Waals surface area contributed by atoms with E-state index in [9.17, 15) is 9.59 Å². The second-order valence-corrected chi connectivity index (χ2v) is 9.16. The lowest BCUT2D eigenvalue weighted by molar-refractivity contribution is -0.120. The van der Waals surface area contributed by atoms with Gasteiger partial charge in [0.15, 0.2) is 0 Å². The van der Waals surface area contributed by atoms with Gasteiger partial charge in [-0.2, -0.15) is 0 Å². The van der Waals surface area contributed by atoms with E-state index in [2.05, 4.69) is 30.6 Å². The van der Waals surface area contributed by atoms with Gasteiger partial charge >= 0.3 is 0 Å². The Hall–Kier alpha value is -3.12. The quantitative estimate of drug-likeness (QED) is 0.602. The highest BCUT2D eigenvalue weighted by molar-refractivity contribution is 6.45. The number of ether oxygens (including phenoxy) is 1. The van der Waals surface area contributed by atoms with E-state index in [0.717, 1.165) is 49.6 Å². The maximum absolute atomic E-state index is 13.7. The Balaban J connectivity index is 1.66. The molecule has 1 fully saturated rings. The first-order valence-corrected chi connectivity index (χ1v) is 11.8. The molecule has 4 rings (SSSR count). The van der Waals surface area contributed by atoms with Crippen molar-refractivity contribution in [1.82, 2.24) is 9.80 Å². The van der Waals surface area contributed by atoms with E-state index in [0.29, 0.717) is 29.5 Å². The lowest BCUT2D eigenvalue weighted by atomic mass is 10.0. The van der Waals surface area contributed by atoms with Gasteiger partial charge in [-0.25, -0.2) is 4.90 Å². The number of hydrogen-bond donors (Lipinski definition) is 0. The number of rotatable bonds is 7. The summed E-state index contributed by atoms with van der Waals surface area (Å²) in [7, 11) is 0. The number of likely N-dealkylation sites (N-methyl/N-ethyl adjacent to an activating group) is 1. The Morgan fingerprint density at radius 2 is 1.52 bits per heavy atom. The number of nitrogens with zero attached hydrogens (tertiary/aromatic N) is 3. The third-order valence-corrected chi connectivity index (χ3v) is 6.21. The largest absolute Gasteiger partial charge is 0.493 e. The number of carbonyl (C=O) groups is 2. The van der Waals surface area contributed by atoms with E-state index in [-0.39, 0.29) is 11.8 Å². The van der Waals surface area contributed by atoms with Crippen molar-refractivity contribution in [1.29, 1.82) is 0 Å². The van der Waals surface area contributed by atoms with Crippen molar-refractivity contribution < 1.29 is 14.3 Å². The molecule has 0 bridgehead atoms. The summed E-state index contributed by atoms with van der Waals surface area (Å²) >= 11 is 0. The van der Waals surface area contributed by atoms with Crippen molar-refractivity contribution >= 4 is 23.1 Å². The lowest BCUT2D eigenvalue weighted by Crippen LogP contribution is -2.47. The number of anilines is 1. The normalized spacial score (nSPS) is 17.5. The molecule has 6 heteroatoms. The van der Waals surface area contributed by atoms with Crippen LogP contribution in [0.15, 0.2) is 54.2 Å². The topological polar surface area (TPSA) is 53.1 Å². The molecule has 0 aliphatic carbocycles. The Labute approximate surface area is 196 Å². The summed E-state index contributed by atoms with van der Waals surface area (Å²) in [5.74, 6) is 0.626. The van der Waals surface area contributed by atoms with Gasteiger partial charge < -0.3 is 14.5 Å². The second-order valence-electron chi connectivity index (χ2n) is 9.16. The molecule has 0 unspecified atom stereocenters. The average molecular weight is 448 g/mol. The third kappa shape index (κ3) is 4.81. The van der Waals surface area contributed by atoms with E-state index in [1.54, 1.807) is 12.1 Å². The van der Waals surface area contributed by atoms with Crippen LogP contribution < -0.4 is 9.64 Å². The molecule has 0 aromatic heterocycles. The van der Waals surface area contributed by atoms with Crippen molar-refractivity contribution in [3.8, 4) is 5.75 Å². The highest BCUT2D eigenvalue weighted by Crippen LogP contribution is 2.35. The molecule has 174 valence electrons. The second kappa shape index (κ2) is 9.79. The minimum Gasteiger partial charge on any atom is -0.493 e. The van der Waals surface area contributed by atoms with Crippen LogP contribution in [0.25, 0.3) is 5.57 Å². The molecular formula is C27H33N3O3. The van der Waals surface area contributed by atoms with Gasteiger partial charge in [-0.15, -0.1) is 0 Å². The molecule has 2 aliphatic heterocycles. The molecule has 1 saturated heterocycles. The maximum Gasteiger partial charge on any atom is 0.282 e. The SMILES string of the molecule is CCN1CCN(C2=C(c3ccc(C)cc3)C(=O)N(c3ccc(OCC(C)C)cc3)C2=O)CC1. The van der Waals surface area contributed by atoms with Crippen LogP contribution in [0.4, 0.5) is 5.69 Å². The van der Waals surface area contributed by atoms with Gasteiger partial charge in [0.1, 0.15) is 11.4 Å². The first-order chi connectivity index (χ1) is 15.9. The smallest absolute Gasteiger partial charge is 0.282 e. The predicted octanol–water partition coefficient (Wildman–Crippen LogP) is 3.95. The molecule has 2 aromatic rings. The Morgan fingerprint density at radius 1 is 0.879 bits per heavy atom. The Morgan fingerprint density at radius 3 is 2.09 bits per heavy atom. The van der Waals surface area contributed by atoms with E-state index in [1.807, 2.05) is 43.3 Å². The Kier molecular flexibility index (Phi) is 6.84. The number of benzene rings is 2. The number of carbonyl (C=O) groups excluding carboxylic acids is 2. The number of piperazine rings is 1. The summed E-state index contributed by atoms with van der Waals surface area (Å²) < 4.78 is 5.77. The third-order valence-electron chi connectivity index (χ3n) is 6.21. The fourth-order valence-corrected chi connectivity index (χ4v) is 4.27. The number of amides is 2. The maximum atomic E-state index is 13.7. The molecule has 0 N–H and O–H groups in total. The molecule has 2 heterocycles. The molecule has 0 saturated carbocycles. The Bertz CT molecular complexity index is 1030. The van der Waals surface area contributed by atoms with Crippen LogP contribution in [0, 0.1) is 12.8 Å². The van der Waals surface area contributed by atoms with Crippen LogP contribution in [0.2, 0.25) is 0 Å². The summed E-state index contributed by atoms with van der Waals surface area (Å²) in [5.41, 5.74) is 3.47. The van der Waals surface area contributed by atoms with Crippen molar-refractivity contribution in [3.63, 3.8) is 0 Å². The minimum atomic E-state index is -0.271. The van der Waals surface area contributed by atoms with Crippen LogP contribution in [0.1, 0.15) is 31.9 Å². The summed E-state index contributed by atoms with van der Waals surface area (Å²) in [4.78, 5) is 33.1. The lowest BCUT2D eigenvalue weighted by Gasteiger charge is -2.36. The van der Waals surface area contributed by atoms with Gasteiger partial charge in [0.05, 0.1) is 17.9 Å².